The number of carbonyl (C=O) groups is 1. The zero-order chi connectivity index (χ0) is 22.9. The molecule has 1 unspecified atom stereocenters. The van der Waals surface area contributed by atoms with E-state index in [2.05, 4.69) is 0 Å². The van der Waals surface area contributed by atoms with E-state index in [1.165, 1.54) is 25.5 Å². The number of methoxy groups -OCH3 is 1. The summed E-state index contributed by atoms with van der Waals surface area (Å²) in [5.74, 6) is -0.503. The first-order valence-corrected chi connectivity index (χ1v) is 11.2. The van der Waals surface area contributed by atoms with E-state index >= 15 is 0 Å². The predicted octanol–water partition coefficient (Wildman–Crippen LogP) is -0.0420. The van der Waals surface area contributed by atoms with E-state index in [0.717, 1.165) is 15.3 Å². The first kappa shape index (κ1) is 23.2. The summed E-state index contributed by atoms with van der Waals surface area (Å²) in [6, 6.07) is 6.12. The second-order valence-corrected chi connectivity index (χ2v) is 9.45. The standard InChI is InChI=1S/C19H23ClN4O6S/c1-21-12-15(17(25)22(2)19(21)27)31(28,29)24-10-8-23(9-11-24)16(18(26)30-3)13-6-4-5-7-14(13)20/h4-7,12,16H,8-11H2,1-3H3. The van der Waals surface area contributed by atoms with Crippen molar-refractivity contribution in [3.8, 4) is 0 Å². The molecule has 10 nitrogen and oxygen atoms in total. The molecule has 1 aliphatic rings. The fraction of sp³-hybridized carbons (Fsp3) is 0.421. The Bertz CT molecular complexity index is 1210. The van der Waals surface area contributed by atoms with E-state index < -0.39 is 38.2 Å². The van der Waals surface area contributed by atoms with Gasteiger partial charge in [-0.1, -0.05) is 29.8 Å². The van der Waals surface area contributed by atoms with Crippen LogP contribution in [0, 0.1) is 0 Å². The average Bonchev–Trinajstić information content (AvgIpc) is 2.76. The number of ether oxygens (including phenoxy) is 1. The number of aromatic nitrogens is 2. The lowest BCUT2D eigenvalue weighted by molar-refractivity contribution is -0.147. The maximum absolute atomic E-state index is 13.1. The van der Waals surface area contributed by atoms with Crippen molar-refractivity contribution < 1.29 is 17.9 Å². The van der Waals surface area contributed by atoms with Gasteiger partial charge in [0.25, 0.3) is 5.56 Å². The number of piperazine rings is 1. The van der Waals surface area contributed by atoms with E-state index in [1.807, 2.05) is 0 Å². The molecular formula is C19H23ClN4O6S. The van der Waals surface area contributed by atoms with E-state index in [-0.39, 0.29) is 26.2 Å². The number of nitrogens with zero attached hydrogens (tertiary/aromatic N) is 4. The fourth-order valence-electron chi connectivity index (χ4n) is 3.57. The smallest absolute Gasteiger partial charge is 0.330 e. The van der Waals surface area contributed by atoms with Gasteiger partial charge in [0.2, 0.25) is 10.0 Å². The largest absolute Gasteiger partial charge is 0.468 e. The Morgan fingerprint density at radius 1 is 1.10 bits per heavy atom. The van der Waals surface area contributed by atoms with Gasteiger partial charge in [-0.25, -0.2) is 18.0 Å². The topological polar surface area (TPSA) is 111 Å². The molecule has 1 aromatic heterocycles. The maximum Gasteiger partial charge on any atom is 0.330 e. The molecular weight excluding hydrogens is 448 g/mol. The van der Waals surface area contributed by atoms with E-state index in [9.17, 15) is 22.8 Å². The highest BCUT2D eigenvalue weighted by Gasteiger charge is 2.37. The predicted molar refractivity (Wildman–Crippen MR) is 113 cm³/mol. The summed E-state index contributed by atoms with van der Waals surface area (Å²) in [6.07, 6.45) is 1.04. The quantitative estimate of drug-likeness (QED) is 0.563. The van der Waals surface area contributed by atoms with Crippen LogP contribution in [0.25, 0.3) is 0 Å². The van der Waals surface area contributed by atoms with Gasteiger partial charge < -0.3 is 9.30 Å². The highest BCUT2D eigenvalue weighted by atomic mass is 35.5. The molecule has 168 valence electrons. The van der Waals surface area contributed by atoms with Gasteiger partial charge in [-0.05, 0) is 11.6 Å². The van der Waals surface area contributed by atoms with Crippen LogP contribution in [0.2, 0.25) is 5.02 Å². The van der Waals surface area contributed by atoms with E-state index in [4.69, 9.17) is 16.3 Å². The summed E-state index contributed by atoms with van der Waals surface area (Å²) in [4.78, 5) is 38.1. The third kappa shape index (κ3) is 4.31. The van der Waals surface area contributed by atoms with Gasteiger partial charge in [0.05, 0.1) is 7.11 Å². The van der Waals surface area contributed by atoms with Crippen molar-refractivity contribution >= 4 is 27.6 Å². The van der Waals surface area contributed by atoms with Gasteiger partial charge >= 0.3 is 11.7 Å². The SMILES string of the molecule is COC(=O)C(c1ccccc1Cl)N1CCN(S(=O)(=O)c2cn(C)c(=O)n(C)c2=O)CC1. The molecule has 0 spiro atoms. The van der Waals surface area contributed by atoms with Crippen molar-refractivity contribution in [2.75, 3.05) is 33.3 Å². The van der Waals surface area contributed by atoms with Crippen molar-refractivity contribution in [2.45, 2.75) is 10.9 Å². The molecule has 0 bridgehead atoms. The number of carbonyl (C=O) groups excluding carboxylic acids is 1. The van der Waals surface area contributed by atoms with Crippen molar-refractivity contribution in [1.29, 1.82) is 0 Å². The summed E-state index contributed by atoms with van der Waals surface area (Å²) in [5.41, 5.74) is -0.928. The first-order valence-electron chi connectivity index (χ1n) is 9.42. The number of hydrogen-bond donors (Lipinski definition) is 0. The number of aryl methyl sites for hydroxylation is 1. The minimum Gasteiger partial charge on any atom is -0.468 e. The number of esters is 1. The second kappa shape index (κ2) is 8.95. The summed E-state index contributed by atoms with van der Waals surface area (Å²) < 4.78 is 34.1. The van der Waals surface area contributed by atoms with E-state index in [1.54, 1.807) is 29.2 Å². The Hall–Kier alpha value is -2.47. The zero-order valence-corrected chi connectivity index (χ0v) is 18.9. The summed E-state index contributed by atoms with van der Waals surface area (Å²) in [7, 11) is -0.244. The van der Waals surface area contributed by atoms with Crippen LogP contribution in [-0.2, 0) is 33.7 Å². The van der Waals surface area contributed by atoms with Crippen molar-refractivity contribution in [3.63, 3.8) is 0 Å². The lowest BCUT2D eigenvalue weighted by Crippen LogP contribution is -2.52. The Morgan fingerprint density at radius 2 is 1.71 bits per heavy atom. The summed E-state index contributed by atoms with van der Waals surface area (Å²) in [5, 5.41) is 0.404. The molecule has 0 saturated carbocycles. The van der Waals surface area contributed by atoms with Crippen LogP contribution in [0.1, 0.15) is 11.6 Å². The van der Waals surface area contributed by atoms with Crippen LogP contribution < -0.4 is 11.2 Å². The average molecular weight is 471 g/mol. The zero-order valence-electron chi connectivity index (χ0n) is 17.3. The molecule has 2 heterocycles. The Kier molecular flexibility index (Phi) is 6.70. The van der Waals surface area contributed by atoms with Gasteiger partial charge in [-0.2, -0.15) is 4.31 Å². The number of hydrogen-bond acceptors (Lipinski definition) is 7. The normalized spacial score (nSPS) is 16.8. The highest BCUT2D eigenvalue weighted by molar-refractivity contribution is 7.89. The molecule has 12 heteroatoms. The summed E-state index contributed by atoms with van der Waals surface area (Å²) >= 11 is 6.27. The minimum atomic E-state index is -4.13. The van der Waals surface area contributed by atoms with Crippen LogP contribution in [0.3, 0.4) is 0 Å². The molecule has 1 fully saturated rings. The number of sulfonamides is 1. The molecule has 31 heavy (non-hydrogen) atoms. The third-order valence-corrected chi connectivity index (χ3v) is 7.52. The summed E-state index contributed by atoms with van der Waals surface area (Å²) in [6.45, 7) is 0.533. The molecule has 1 saturated heterocycles. The lowest BCUT2D eigenvalue weighted by atomic mass is 10.0. The van der Waals surface area contributed by atoms with Crippen LogP contribution in [-0.4, -0.2) is 66.0 Å². The monoisotopic (exact) mass is 470 g/mol. The van der Waals surface area contributed by atoms with Gasteiger partial charge in [0.1, 0.15) is 6.04 Å². The molecule has 0 aliphatic carbocycles. The number of benzene rings is 1. The third-order valence-electron chi connectivity index (χ3n) is 5.30. The van der Waals surface area contributed by atoms with Crippen molar-refractivity contribution in [2.24, 2.45) is 14.1 Å². The minimum absolute atomic E-state index is 0.0479. The van der Waals surface area contributed by atoms with E-state index in [0.29, 0.717) is 10.6 Å². The molecule has 3 rings (SSSR count). The first-order chi connectivity index (χ1) is 14.6. The Morgan fingerprint density at radius 3 is 2.29 bits per heavy atom. The van der Waals surface area contributed by atoms with Gasteiger partial charge in [-0.3, -0.25) is 14.3 Å². The molecule has 0 amide bonds. The molecule has 0 N–H and O–H groups in total. The Balaban J connectivity index is 1.87. The van der Waals surface area contributed by atoms with Gasteiger partial charge in [-0.15, -0.1) is 0 Å². The number of halogens is 1. The molecule has 1 aliphatic heterocycles. The molecule has 2 aromatic rings. The molecule has 1 aromatic carbocycles. The van der Waals surface area contributed by atoms with Crippen LogP contribution in [0.15, 0.2) is 44.9 Å². The maximum atomic E-state index is 13.1. The van der Waals surface area contributed by atoms with Crippen LogP contribution >= 0.6 is 11.6 Å². The molecule has 0 radical (unpaired) electrons. The second-order valence-electron chi connectivity index (χ2n) is 7.14. The van der Waals surface area contributed by atoms with Gasteiger partial charge in [0.15, 0.2) is 4.90 Å². The van der Waals surface area contributed by atoms with Crippen LogP contribution in [0.5, 0.6) is 0 Å². The Labute approximate surface area is 184 Å². The highest BCUT2D eigenvalue weighted by Crippen LogP contribution is 2.30. The number of rotatable bonds is 5. The fourth-order valence-corrected chi connectivity index (χ4v) is 5.38. The lowest BCUT2D eigenvalue weighted by Gasteiger charge is -2.37. The van der Waals surface area contributed by atoms with Crippen LogP contribution in [0.4, 0.5) is 0 Å². The van der Waals surface area contributed by atoms with Crippen molar-refractivity contribution in [3.05, 3.63) is 61.9 Å². The van der Waals surface area contributed by atoms with Gasteiger partial charge in [0, 0.05) is 51.5 Å². The molecule has 1 atom stereocenters. The van der Waals surface area contributed by atoms with Crippen molar-refractivity contribution in [1.82, 2.24) is 18.3 Å².